The number of thioether (sulfide) groups is 1. The quantitative estimate of drug-likeness (QED) is 0.752. The van der Waals surface area contributed by atoms with E-state index in [4.69, 9.17) is 11.6 Å². The maximum atomic E-state index is 12.2. The molecular weight excluding hydrogens is 394 g/mol. The number of carbonyl (C=O) groups excluding carboxylic acids is 2. The number of halogens is 1. The number of nitrogens with zero attached hydrogens (tertiary/aromatic N) is 1. The molecule has 0 radical (unpaired) electrons. The third kappa shape index (κ3) is 5.03. The number of amides is 1. The number of aliphatic imine (C=N–C) groups is 1. The van der Waals surface area contributed by atoms with Gasteiger partial charge in [0.25, 0.3) is 0 Å². The minimum absolute atomic E-state index is 0.0212. The molecule has 5 nitrogen and oxygen atoms in total. The van der Waals surface area contributed by atoms with Crippen molar-refractivity contribution in [2.45, 2.75) is 19.9 Å². The number of Topliss-reactive ketones (excluding diaryl/α,β-unsaturated/α-hetero) is 1. The molecule has 1 unspecified atom stereocenters. The topological polar surface area (TPSA) is 70.6 Å². The SMILES string of the molecule is CC(=O)C1=C(C)NC(SCC(=O)Nc2ccc(Cl)cc2)=NC1c1ccccc1. The number of hydrogen-bond donors (Lipinski definition) is 2. The second-order valence-electron chi connectivity index (χ2n) is 6.31. The fourth-order valence-corrected chi connectivity index (χ4v) is 3.79. The molecule has 0 fully saturated rings. The van der Waals surface area contributed by atoms with E-state index < -0.39 is 0 Å². The highest BCUT2D eigenvalue weighted by Gasteiger charge is 2.27. The van der Waals surface area contributed by atoms with E-state index in [1.54, 1.807) is 31.2 Å². The van der Waals surface area contributed by atoms with Gasteiger partial charge in [-0.1, -0.05) is 53.7 Å². The zero-order valence-electron chi connectivity index (χ0n) is 15.5. The van der Waals surface area contributed by atoms with Gasteiger partial charge in [0.15, 0.2) is 11.0 Å². The van der Waals surface area contributed by atoms with Crippen molar-refractivity contribution >= 4 is 45.9 Å². The van der Waals surface area contributed by atoms with Crippen molar-refractivity contribution in [3.63, 3.8) is 0 Å². The Morgan fingerprint density at radius 3 is 2.46 bits per heavy atom. The van der Waals surface area contributed by atoms with Gasteiger partial charge in [0.1, 0.15) is 6.04 Å². The Balaban J connectivity index is 1.70. The molecule has 1 aliphatic heterocycles. The van der Waals surface area contributed by atoms with Gasteiger partial charge in [-0.05, 0) is 43.7 Å². The van der Waals surface area contributed by atoms with Crippen LogP contribution in [0.25, 0.3) is 0 Å². The first kappa shape index (κ1) is 20.2. The lowest BCUT2D eigenvalue weighted by Gasteiger charge is -2.25. The first-order valence-electron chi connectivity index (χ1n) is 8.73. The largest absolute Gasteiger partial charge is 0.338 e. The van der Waals surface area contributed by atoms with E-state index in [9.17, 15) is 9.59 Å². The van der Waals surface area contributed by atoms with Gasteiger partial charge in [0.05, 0.1) is 5.75 Å². The number of rotatable bonds is 5. The normalized spacial score (nSPS) is 16.2. The first-order chi connectivity index (χ1) is 13.4. The lowest BCUT2D eigenvalue weighted by atomic mass is 9.94. The number of carbonyl (C=O) groups is 2. The van der Waals surface area contributed by atoms with Crippen LogP contribution >= 0.6 is 23.4 Å². The standard InChI is InChI=1S/C21H20ClN3O2S/c1-13-19(14(2)26)20(15-6-4-3-5-7-15)25-21(23-13)28-12-18(27)24-17-10-8-16(22)9-11-17/h3-11,20H,12H2,1-2H3,(H,23,25)(H,24,27). The van der Waals surface area contributed by atoms with Crippen LogP contribution in [-0.2, 0) is 9.59 Å². The van der Waals surface area contributed by atoms with Crippen LogP contribution in [0.3, 0.4) is 0 Å². The fraction of sp³-hybridized carbons (Fsp3) is 0.190. The molecule has 2 aromatic carbocycles. The van der Waals surface area contributed by atoms with E-state index in [0.717, 1.165) is 11.3 Å². The number of allylic oxidation sites excluding steroid dienone is 1. The van der Waals surface area contributed by atoms with Crippen LogP contribution in [0.15, 0.2) is 70.9 Å². The maximum absolute atomic E-state index is 12.2. The monoisotopic (exact) mass is 413 g/mol. The Morgan fingerprint density at radius 1 is 1.14 bits per heavy atom. The summed E-state index contributed by atoms with van der Waals surface area (Å²) in [6.07, 6.45) is 0. The minimum atomic E-state index is -0.373. The summed E-state index contributed by atoms with van der Waals surface area (Å²) in [6, 6.07) is 16.2. The molecule has 0 saturated heterocycles. The van der Waals surface area contributed by atoms with Crippen molar-refractivity contribution in [3.8, 4) is 0 Å². The Bertz CT molecular complexity index is 940. The lowest BCUT2D eigenvalue weighted by Crippen LogP contribution is -2.30. The summed E-state index contributed by atoms with van der Waals surface area (Å²) in [5.74, 6) is 0.0257. The van der Waals surface area contributed by atoms with Crippen molar-refractivity contribution < 1.29 is 9.59 Å². The zero-order valence-corrected chi connectivity index (χ0v) is 17.1. The van der Waals surface area contributed by atoms with Gasteiger partial charge in [0.2, 0.25) is 5.91 Å². The van der Waals surface area contributed by atoms with Crippen molar-refractivity contribution in [2.24, 2.45) is 4.99 Å². The van der Waals surface area contributed by atoms with Crippen LogP contribution in [0.5, 0.6) is 0 Å². The predicted molar refractivity (Wildman–Crippen MR) is 116 cm³/mol. The lowest BCUT2D eigenvalue weighted by molar-refractivity contribution is -0.114. The molecule has 0 bridgehead atoms. The van der Waals surface area contributed by atoms with Crippen LogP contribution in [0, 0.1) is 0 Å². The predicted octanol–water partition coefficient (Wildman–Crippen LogP) is 4.58. The number of hydrogen-bond acceptors (Lipinski definition) is 5. The van der Waals surface area contributed by atoms with Crippen LogP contribution < -0.4 is 10.6 Å². The van der Waals surface area contributed by atoms with E-state index in [1.807, 2.05) is 37.3 Å². The Kier molecular flexibility index (Phi) is 6.54. The number of ketones is 1. The van der Waals surface area contributed by atoms with E-state index in [1.165, 1.54) is 11.8 Å². The van der Waals surface area contributed by atoms with Crippen LogP contribution in [0.2, 0.25) is 5.02 Å². The molecule has 0 spiro atoms. The third-order valence-electron chi connectivity index (χ3n) is 4.18. The molecule has 1 heterocycles. The number of anilines is 1. The number of nitrogens with one attached hydrogen (secondary N) is 2. The van der Waals surface area contributed by atoms with Gasteiger partial charge < -0.3 is 10.6 Å². The highest BCUT2D eigenvalue weighted by molar-refractivity contribution is 8.14. The summed E-state index contributed by atoms with van der Waals surface area (Å²) < 4.78 is 0. The smallest absolute Gasteiger partial charge is 0.234 e. The van der Waals surface area contributed by atoms with Gasteiger partial charge in [-0.2, -0.15) is 0 Å². The summed E-state index contributed by atoms with van der Waals surface area (Å²) in [5.41, 5.74) is 3.03. The Morgan fingerprint density at radius 2 is 1.82 bits per heavy atom. The molecule has 28 heavy (non-hydrogen) atoms. The summed E-state index contributed by atoms with van der Waals surface area (Å²) in [4.78, 5) is 29.1. The summed E-state index contributed by atoms with van der Waals surface area (Å²) in [7, 11) is 0. The van der Waals surface area contributed by atoms with Crippen LogP contribution in [0.4, 0.5) is 5.69 Å². The average Bonchev–Trinajstić information content (AvgIpc) is 2.68. The van der Waals surface area contributed by atoms with Gasteiger partial charge in [0, 0.05) is 22.0 Å². The number of benzene rings is 2. The third-order valence-corrected chi connectivity index (χ3v) is 5.32. The molecule has 0 aliphatic carbocycles. The van der Waals surface area contributed by atoms with Gasteiger partial charge in [-0.15, -0.1) is 0 Å². The van der Waals surface area contributed by atoms with Gasteiger partial charge >= 0.3 is 0 Å². The molecule has 1 amide bonds. The van der Waals surface area contributed by atoms with E-state index >= 15 is 0 Å². The molecule has 1 aliphatic rings. The van der Waals surface area contributed by atoms with Crippen molar-refractivity contribution in [3.05, 3.63) is 76.5 Å². The van der Waals surface area contributed by atoms with E-state index in [0.29, 0.717) is 21.5 Å². The summed E-state index contributed by atoms with van der Waals surface area (Å²) in [5, 5.41) is 7.20. The van der Waals surface area contributed by atoms with Gasteiger partial charge in [-0.25, -0.2) is 4.99 Å². The first-order valence-corrected chi connectivity index (χ1v) is 10.1. The Labute approximate surface area is 173 Å². The highest BCUT2D eigenvalue weighted by Crippen LogP contribution is 2.32. The highest BCUT2D eigenvalue weighted by atomic mass is 35.5. The van der Waals surface area contributed by atoms with Crippen LogP contribution in [0.1, 0.15) is 25.5 Å². The molecule has 7 heteroatoms. The van der Waals surface area contributed by atoms with Crippen molar-refractivity contribution in [1.82, 2.24) is 5.32 Å². The molecule has 3 rings (SSSR count). The number of amidine groups is 1. The zero-order chi connectivity index (χ0) is 20.1. The molecule has 0 aromatic heterocycles. The fourth-order valence-electron chi connectivity index (χ4n) is 2.92. The van der Waals surface area contributed by atoms with E-state index in [-0.39, 0.29) is 23.5 Å². The minimum Gasteiger partial charge on any atom is -0.338 e. The second-order valence-corrected chi connectivity index (χ2v) is 7.71. The average molecular weight is 414 g/mol. The van der Waals surface area contributed by atoms with E-state index in [2.05, 4.69) is 15.6 Å². The molecule has 2 aromatic rings. The molecular formula is C21H20ClN3O2S. The summed E-state index contributed by atoms with van der Waals surface area (Å²) >= 11 is 7.15. The van der Waals surface area contributed by atoms with Crippen molar-refractivity contribution in [2.75, 3.05) is 11.1 Å². The van der Waals surface area contributed by atoms with Crippen LogP contribution in [-0.4, -0.2) is 22.6 Å². The van der Waals surface area contributed by atoms with Gasteiger partial charge in [-0.3, -0.25) is 9.59 Å². The molecule has 2 N–H and O–H groups in total. The second kappa shape index (κ2) is 9.08. The molecule has 0 saturated carbocycles. The molecule has 144 valence electrons. The summed E-state index contributed by atoms with van der Waals surface area (Å²) in [6.45, 7) is 3.40. The maximum Gasteiger partial charge on any atom is 0.234 e. The molecule has 1 atom stereocenters. The Hall–Kier alpha value is -2.57. The van der Waals surface area contributed by atoms with Crippen molar-refractivity contribution in [1.29, 1.82) is 0 Å².